The molecule has 58 valence electrons. The Morgan fingerprint density at radius 2 is 2.00 bits per heavy atom. The summed E-state index contributed by atoms with van der Waals surface area (Å²) in [6, 6.07) is 5.27. The largest absolute Gasteiger partial charge is 0.504 e. The van der Waals surface area contributed by atoms with Crippen LogP contribution in [0.4, 0.5) is 0 Å². The maximum atomic E-state index is 9.10. The summed E-state index contributed by atoms with van der Waals surface area (Å²) in [6.07, 6.45) is 0. The van der Waals surface area contributed by atoms with Crippen LogP contribution >= 0.6 is 0 Å². The van der Waals surface area contributed by atoms with E-state index in [9.17, 15) is 0 Å². The van der Waals surface area contributed by atoms with Gasteiger partial charge in [0.1, 0.15) is 0 Å². The lowest BCUT2D eigenvalue weighted by Gasteiger charge is -1.99. The molecule has 0 bridgehead atoms. The van der Waals surface area contributed by atoms with Crippen LogP contribution in [0.5, 0.6) is 11.5 Å². The van der Waals surface area contributed by atoms with Crippen molar-refractivity contribution in [2.24, 2.45) is 0 Å². The fraction of sp³-hybridized carbons (Fsp3) is 0.250. The van der Waals surface area contributed by atoms with Gasteiger partial charge in [-0.15, -0.1) is 0 Å². The highest BCUT2D eigenvalue weighted by molar-refractivity contribution is 5.42. The predicted molar refractivity (Wildman–Crippen MR) is 40.5 cm³/mol. The summed E-state index contributed by atoms with van der Waals surface area (Å²) in [5.74, 6) is -0.106. The Labute approximate surface area is 64.3 Å². The first-order valence-electron chi connectivity index (χ1n) is 3.52. The Morgan fingerprint density at radius 1 is 1.27 bits per heavy atom. The van der Waals surface area contributed by atoms with E-state index < -0.39 is 0 Å². The topological polar surface area (TPSA) is 62.4 Å². The molecule has 0 radical (unpaired) electrons. The van der Waals surface area contributed by atoms with Crippen molar-refractivity contribution in [1.29, 1.82) is 0 Å². The van der Waals surface area contributed by atoms with Gasteiger partial charge in [-0.05, 0) is 17.7 Å². The van der Waals surface area contributed by atoms with Crippen molar-refractivity contribution in [3.05, 3.63) is 23.8 Å². The van der Waals surface area contributed by atoms with Crippen molar-refractivity contribution < 1.29 is 10.2 Å². The van der Waals surface area contributed by atoms with Crippen molar-refractivity contribution in [2.45, 2.75) is 6.04 Å². The fourth-order valence-electron chi connectivity index (χ4n) is 1.05. The molecule has 0 aromatic heterocycles. The molecular formula is C8H9NO2. The summed E-state index contributed by atoms with van der Waals surface area (Å²) in [6.45, 7) is 0.963. The van der Waals surface area contributed by atoms with Crippen LogP contribution in [0.2, 0.25) is 0 Å². The lowest BCUT2D eigenvalue weighted by Crippen LogP contribution is -1.82. The molecule has 1 aliphatic rings. The number of rotatable bonds is 1. The van der Waals surface area contributed by atoms with Crippen LogP contribution < -0.4 is 5.32 Å². The second-order valence-electron chi connectivity index (χ2n) is 2.71. The second kappa shape index (κ2) is 2.13. The van der Waals surface area contributed by atoms with Gasteiger partial charge in [-0.2, -0.15) is 0 Å². The minimum atomic E-state index is -0.0607. The van der Waals surface area contributed by atoms with Crippen LogP contribution in [0.1, 0.15) is 11.6 Å². The number of hydrogen-bond acceptors (Lipinski definition) is 3. The van der Waals surface area contributed by atoms with Gasteiger partial charge in [0.2, 0.25) is 0 Å². The van der Waals surface area contributed by atoms with Crippen molar-refractivity contribution in [1.82, 2.24) is 5.32 Å². The molecule has 1 aromatic carbocycles. The van der Waals surface area contributed by atoms with E-state index in [2.05, 4.69) is 5.32 Å². The quantitative estimate of drug-likeness (QED) is 0.410. The Hall–Kier alpha value is -1.22. The van der Waals surface area contributed by atoms with Gasteiger partial charge in [0.05, 0.1) is 0 Å². The Bertz CT molecular complexity index is 281. The normalized spacial score (nSPS) is 21.6. The van der Waals surface area contributed by atoms with E-state index in [-0.39, 0.29) is 11.5 Å². The molecule has 0 saturated carbocycles. The minimum Gasteiger partial charge on any atom is -0.504 e. The SMILES string of the molecule is Oc1ccc(C2CN2)cc1O. The highest BCUT2D eigenvalue weighted by atomic mass is 16.3. The van der Waals surface area contributed by atoms with Gasteiger partial charge in [0.15, 0.2) is 11.5 Å². The summed E-state index contributed by atoms with van der Waals surface area (Å²) in [7, 11) is 0. The van der Waals surface area contributed by atoms with Crippen molar-refractivity contribution in [3.63, 3.8) is 0 Å². The van der Waals surface area contributed by atoms with Gasteiger partial charge < -0.3 is 15.5 Å². The number of hydrogen-bond donors (Lipinski definition) is 3. The van der Waals surface area contributed by atoms with Crippen molar-refractivity contribution >= 4 is 0 Å². The van der Waals surface area contributed by atoms with E-state index in [0.29, 0.717) is 6.04 Å². The van der Waals surface area contributed by atoms with E-state index in [1.165, 1.54) is 6.07 Å². The van der Waals surface area contributed by atoms with E-state index in [4.69, 9.17) is 10.2 Å². The first-order valence-corrected chi connectivity index (χ1v) is 3.52. The maximum absolute atomic E-state index is 9.10. The van der Waals surface area contributed by atoms with Crippen molar-refractivity contribution in [3.8, 4) is 11.5 Å². The lowest BCUT2D eigenvalue weighted by molar-refractivity contribution is 0.403. The summed E-state index contributed by atoms with van der Waals surface area (Å²) in [5, 5.41) is 21.2. The van der Waals surface area contributed by atoms with Gasteiger partial charge in [-0.3, -0.25) is 0 Å². The monoisotopic (exact) mass is 151 g/mol. The molecule has 0 spiro atoms. The zero-order valence-corrected chi connectivity index (χ0v) is 5.91. The number of phenols is 2. The average molecular weight is 151 g/mol. The van der Waals surface area contributed by atoms with E-state index in [1.807, 2.05) is 0 Å². The Morgan fingerprint density at radius 3 is 2.55 bits per heavy atom. The summed E-state index contributed by atoms with van der Waals surface area (Å²) in [4.78, 5) is 0. The van der Waals surface area contributed by atoms with Crippen LogP contribution in [0.25, 0.3) is 0 Å². The highest BCUT2D eigenvalue weighted by Crippen LogP contribution is 2.30. The molecule has 1 aromatic rings. The first-order chi connectivity index (χ1) is 5.27. The molecule has 3 nitrogen and oxygen atoms in total. The number of aromatic hydroxyl groups is 2. The van der Waals surface area contributed by atoms with Crippen LogP contribution in [0, 0.1) is 0 Å². The second-order valence-corrected chi connectivity index (χ2v) is 2.71. The van der Waals surface area contributed by atoms with Gasteiger partial charge in [0.25, 0.3) is 0 Å². The van der Waals surface area contributed by atoms with Gasteiger partial charge in [0, 0.05) is 12.6 Å². The number of nitrogens with one attached hydrogen (secondary N) is 1. The number of benzene rings is 1. The molecular weight excluding hydrogens is 142 g/mol. The Balaban J connectivity index is 2.36. The predicted octanol–water partition coefficient (Wildman–Crippen LogP) is 0.742. The lowest BCUT2D eigenvalue weighted by atomic mass is 10.1. The highest BCUT2D eigenvalue weighted by Gasteiger charge is 2.22. The average Bonchev–Trinajstić information content (AvgIpc) is 2.77. The fourth-order valence-corrected chi connectivity index (χ4v) is 1.05. The summed E-state index contributed by atoms with van der Waals surface area (Å²) >= 11 is 0. The third kappa shape index (κ3) is 1.14. The summed E-state index contributed by atoms with van der Waals surface area (Å²) in [5.41, 5.74) is 1.03. The van der Waals surface area contributed by atoms with Gasteiger partial charge in [-0.25, -0.2) is 0 Å². The standard InChI is InChI=1S/C8H9NO2/c10-7-2-1-5(3-8(7)11)6-4-9-6/h1-3,6,9-11H,4H2. The Kier molecular flexibility index (Phi) is 1.26. The van der Waals surface area contributed by atoms with Gasteiger partial charge in [-0.1, -0.05) is 6.07 Å². The maximum Gasteiger partial charge on any atom is 0.157 e. The molecule has 3 N–H and O–H groups in total. The molecule has 1 atom stereocenters. The van der Waals surface area contributed by atoms with Crippen LogP contribution in [-0.2, 0) is 0 Å². The van der Waals surface area contributed by atoms with Crippen LogP contribution in [0.15, 0.2) is 18.2 Å². The molecule has 1 fully saturated rings. The van der Waals surface area contributed by atoms with Gasteiger partial charge >= 0.3 is 0 Å². The molecule has 0 amide bonds. The molecule has 1 saturated heterocycles. The van der Waals surface area contributed by atoms with Crippen LogP contribution in [-0.4, -0.2) is 16.8 Å². The van der Waals surface area contributed by atoms with Crippen LogP contribution in [0.3, 0.4) is 0 Å². The number of phenolic OH excluding ortho intramolecular Hbond substituents is 2. The molecule has 1 unspecified atom stereocenters. The zero-order chi connectivity index (χ0) is 7.84. The zero-order valence-electron chi connectivity index (χ0n) is 5.91. The van der Waals surface area contributed by atoms with E-state index in [0.717, 1.165) is 12.1 Å². The molecule has 2 rings (SSSR count). The minimum absolute atomic E-state index is 0.0452. The molecule has 1 aliphatic heterocycles. The molecule has 11 heavy (non-hydrogen) atoms. The van der Waals surface area contributed by atoms with E-state index in [1.54, 1.807) is 12.1 Å². The summed E-state index contributed by atoms with van der Waals surface area (Å²) < 4.78 is 0. The van der Waals surface area contributed by atoms with E-state index >= 15 is 0 Å². The third-order valence-corrected chi connectivity index (χ3v) is 1.81. The third-order valence-electron chi connectivity index (χ3n) is 1.81. The smallest absolute Gasteiger partial charge is 0.157 e. The molecule has 3 heteroatoms. The first kappa shape index (κ1) is 6.49. The molecule has 1 heterocycles. The molecule has 0 aliphatic carbocycles. The van der Waals surface area contributed by atoms with Crippen molar-refractivity contribution in [2.75, 3.05) is 6.54 Å².